The molecule has 0 amide bonds. The predicted molar refractivity (Wildman–Crippen MR) is 91.5 cm³/mol. The molecule has 1 aromatic carbocycles. The molecule has 0 atom stereocenters. The molecular formula is C18H23N5. The van der Waals surface area contributed by atoms with Crippen molar-refractivity contribution in [3.63, 3.8) is 0 Å². The van der Waals surface area contributed by atoms with Crippen molar-refractivity contribution in [2.24, 2.45) is 0 Å². The van der Waals surface area contributed by atoms with Gasteiger partial charge in [-0.3, -0.25) is 0 Å². The minimum Gasteiger partial charge on any atom is -0.366 e. The Balaban J connectivity index is 1.48. The summed E-state index contributed by atoms with van der Waals surface area (Å²) in [6.45, 7) is 1.82. The highest BCUT2D eigenvalue weighted by Gasteiger charge is 2.19. The third-order valence-corrected chi connectivity index (χ3v) is 4.92. The summed E-state index contributed by atoms with van der Waals surface area (Å²) in [5.41, 5.74) is 2.81. The van der Waals surface area contributed by atoms with Crippen LogP contribution in [0.5, 0.6) is 0 Å². The molecule has 1 saturated carbocycles. The molecule has 1 aliphatic heterocycles. The second kappa shape index (κ2) is 6.52. The molecule has 4 rings (SSSR count). The minimum atomic E-state index is 0.537. The summed E-state index contributed by atoms with van der Waals surface area (Å²) in [6, 6.07) is 9.16. The number of hydrogen-bond donors (Lipinski definition) is 1. The molecule has 23 heavy (non-hydrogen) atoms. The van der Waals surface area contributed by atoms with E-state index in [-0.39, 0.29) is 0 Å². The molecule has 1 N–H and O–H groups in total. The van der Waals surface area contributed by atoms with E-state index >= 15 is 0 Å². The first-order chi connectivity index (χ1) is 11.4. The van der Waals surface area contributed by atoms with Crippen molar-refractivity contribution in [3.05, 3.63) is 41.6 Å². The fourth-order valence-electron chi connectivity index (χ4n) is 3.62. The number of fused-ring (bicyclic) bond motifs is 1. The molecule has 0 unspecified atom stereocenters. The Labute approximate surface area is 137 Å². The third-order valence-electron chi connectivity index (χ3n) is 4.92. The summed E-state index contributed by atoms with van der Waals surface area (Å²) < 4.78 is 0. The van der Waals surface area contributed by atoms with Crippen LogP contribution in [0.3, 0.4) is 0 Å². The lowest BCUT2D eigenvalue weighted by molar-refractivity contribution is 0.461. The third kappa shape index (κ3) is 3.28. The Bertz CT molecular complexity index is 666. The number of anilines is 2. The molecule has 1 aliphatic carbocycles. The first kappa shape index (κ1) is 14.4. The molecule has 0 spiro atoms. The van der Waals surface area contributed by atoms with Gasteiger partial charge in [0.05, 0.1) is 6.20 Å². The van der Waals surface area contributed by atoms with Gasteiger partial charge in [-0.15, -0.1) is 5.10 Å². The number of aromatic nitrogens is 3. The van der Waals surface area contributed by atoms with Crippen molar-refractivity contribution in [2.75, 3.05) is 16.8 Å². The van der Waals surface area contributed by atoms with Crippen molar-refractivity contribution in [1.82, 2.24) is 15.2 Å². The van der Waals surface area contributed by atoms with E-state index in [0.29, 0.717) is 6.04 Å². The normalized spacial score (nSPS) is 18.5. The maximum Gasteiger partial charge on any atom is 0.247 e. The van der Waals surface area contributed by atoms with Gasteiger partial charge in [-0.25, -0.2) is 0 Å². The quantitative estimate of drug-likeness (QED) is 0.943. The van der Waals surface area contributed by atoms with Gasteiger partial charge in [0.25, 0.3) is 0 Å². The van der Waals surface area contributed by atoms with Crippen molar-refractivity contribution in [1.29, 1.82) is 0 Å². The lowest BCUT2D eigenvalue weighted by Gasteiger charge is -2.29. The van der Waals surface area contributed by atoms with E-state index in [1.54, 1.807) is 6.20 Å². The van der Waals surface area contributed by atoms with E-state index < -0.39 is 0 Å². The van der Waals surface area contributed by atoms with Gasteiger partial charge in [-0.1, -0.05) is 43.5 Å². The second-order valence-corrected chi connectivity index (χ2v) is 6.56. The van der Waals surface area contributed by atoms with Gasteiger partial charge in [-0.2, -0.15) is 10.1 Å². The first-order valence-electron chi connectivity index (χ1n) is 8.66. The highest BCUT2D eigenvalue weighted by Crippen LogP contribution is 2.24. The molecular weight excluding hydrogens is 286 g/mol. The van der Waals surface area contributed by atoms with E-state index in [2.05, 4.69) is 44.7 Å². The largest absolute Gasteiger partial charge is 0.366 e. The number of nitrogens with one attached hydrogen (secondary N) is 1. The standard InChI is InChI=1S/C18H23N5/c1-2-8-16(9-3-1)20-17-12-19-22-18(21-17)23-11-10-14-6-4-5-7-15(14)13-23/h4-7,12,16H,1-3,8-11,13H2,(H,20,21,22). The Hall–Kier alpha value is -2.17. The van der Waals surface area contributed by atoms with Crippen molar-refractivity contribution >= 4 is 11.8 Å². The zero-order chi connectivity index (χ0) is 15.5. The average molecular weight is 309 g/mol. The van der Waals surface area contributed by atoms with Crippen LogP contribution in [0.2, 0.25) is 0 Å². The Morgan fingerprint density at radius 1 is 1.04 bits per heavy atom. The molecule has 0 bridgehead atoms. The lowest BCUT2D eigenvalue weighted by atomic mass is 9.96. The van der Waals surface area contributed by atoms with Crippen molar-refractivity contribution in [3.8, 4) is 0 Å². The fraction of sp³-hybridized carbons (Fsp3) is 0.500. The van der Waals surface area contributed by atoms with Crippen LogP contribution in [-0.4, -0.2) is 27.8 Å². The van der Waals surface area contributed by atoms with Crippen LogP contribution in [0.15, 0.2) is 30.5 Å². The van der Waals surface area contributed by atoms with Gasteiger partial charge in [0.2, 0.25) is 5.95 Å². The van der Waals surface area contributed by atoms with E-state index in [0.717, 1.165) is 31.3 Å². The number of rotatable bonds is 3. The van der Waals surface area contributed by atoms with Crippen molar-refractivity contribution in [2.45, 2.75) is 51.1 Å². The topological polar surface area (TPSA) is 53.9 Å². The van der Waals surface area contributed by atoms with Crippen LogP contribution in [-0.2, 0) is 13.0 Å². The number of nitrogens with zero attached hydrogens (tertiary/aromatic N) is 4. The molecule has 2 aromatic rings. The smallest absolute Gasteiger partial charge is 0.247 e. The van der Waals surface area contributed by atoms with Crippen LogP contribution in [0.4, 0.5) is 11.8 Å². The fourth-order valence-corrected chi connectivity index (χ4v) is 3.62. The summed E-state index contributed by atoms with van der Waals surface area (Å²) in [5.74, 6) is 1.60. The monoisotopic (exact) mass is 309 g/mol. The summed E-state index contributed by atoms with van der Waals surface area (Å²) >= 11 is 0. The highest BCUT2D eigenvalue weighted by atomic mass is 15.3. The van der Waals surface area contributed by atoms with E-state index in [1.165, 1.54) is 43.2 Å². The molecule has 1 aromatic heterocycles. The van der Waals surface area contributed by atoms with Gasteiger partial charge in [0.1, 0.15) is 0 Å². The SMILES string of the molecule is c1ccc2c(c1)CCN(c1nncc(NC3CCCCC3)n1)C2. The molecule has 0 radical (unpaired) electrons. The van der Waals surface area contributed by atoms with Gasteiger partial charge < -0.3 is 10.2 Å². The van der Waals surface area contributed by atoms with Crippen LogP contribution >= 0.6 is 0 Å². The summed E-state index contributed by atoms with van der Waals surface area (Å²) in [6.07, 6.45) is 9.24. The maximum absolute atomic E-state index is 4.70. The molecule has 2 aliphatic rings. The predicted octanol–water partition coefficient (Wildman–Crippen LogP) is 3.18. The average Bonchev–Trinajstić information content (AvgIpc) is 2.62. The van der Waals surface area contributed by atoms with Crippen LogP contribution < -0.4 is 10.2 Å². The van der Waals surface area contributed by atoms with Crippen LogP contribution in [0.25, 0.3) is 0 Å². The van der Waals surface area contributed by atoms with Gasteiger partial charge >= 0.3 is 0 Å². The summed E-state index contributed by atoms with van der Waals surface area (Å²) in [7, 11) is 0. The van der Waals surface area contributed by atoms with Crippen LogP contribution in [0, 0.1) is 0 Å². The minimum absolute atomic E-state index is 0.537. The number of benzene rings is 1. The molecule has 5 nitrogen and oxygen atoms in total. The van der Waals surface area contributed by atoms with Gasteiger partial charge in [0.15, 0.2) is 5.82 Å². The Morgan fingerprint density at radius 3 is 2.74 bits per heavy atom. The zero-order valence-electron chi connectivity index (χ0n) is 13.4. The summed E-state index contributed by atoms with van der Waals surface area (Å²) in [5, 5.41) is 12.0. The zero-order valence-corrected chi connectivity index (χ0v) is 13.4. The highest BCUT2D eigenvalue weighted by molar-refractivity contribution is 5.43. The van der Waals surface area contributed by atoms with Crippen LogP contribution in [0.1, 0.15) is 43.2 Å². The van der Waals surface area contributed by atoms with E-state index in [4.69, 9.17) is 4.98 Å². The molecule has 120 valence electrons. The molecule has 5 heteroatoms. The van der Waals surface area contributed by atoms with E-state index in [9.17, 15) is 0 Å². The van der Waals surface area contributed by atoms with Crippen molar-refractivity contribution < 1.29 is 0 Å². The molecule has 2 heterocycles. The second-order valence-electron chi connectivity index (χ2n) is 6.56. The number of hydrogen-bond acceptors (Lipinski definition) is 5. The molecule has 0 saturated heterocycles. The first-order valence-corrected chi connectivity index (χ1v) is 8.66. The maximum atomic E-state index is 4.70. The van der Waals surface area contributed by atoms with Gasteiger partial charge in [0, 0.05) is 19.1 Å². The van der Waals surface area contributed by atoms with Gasteiger partial charge in [-0.05, 0) is 30.4 Å². The Morgan fingerprint density at radius 2 is 1.87 bits per heavy atom. The molecule has 1 fully saturated rings. The Kier molecular flexibility index (Phi) is 4.09. The van der Waals surface area contributed by atoms with E-state index in [1.807, 2.05) is 0 Å². The lowest BCUT2D eigenvalue weighted by Crippen LogP contribution is -2.32. The summed E-state index contributed by atoms with van der Waals surface area (Å²) in [4.78, 5) is 6.93.